The van der Waals surface area contributed by atoms with Crippen LogP contribution in [0.15, 0.2) is 18.3 Å². The molecule has 18 heavy (non-hydrogen) atoms. The first kappa shape index (κ1) is 11.4. The van der Waals surface area contributed by atoms with Crippen LogP contribution in [-0.4, -0.2) is 28.0 Å². The molecule has 3 rings (SSSR count). The van der Waals surface area contributed by atoms with E-state index in [1.165, 1.54) is 31.2 Å². The van der Waals surface area contributed by atoms with Crippen molar-refractivity contribution >= 4 is 11.7 Å². The van der Waals surface area contributed by atoms with E-state index in [1.807, 2.05) is 4.90 Å². The Morgan fingerprint density at radius 3 is 2.67 bits per heavy atom. The number of anilines is 1. The molecule has 0 atom stereocenters. The summed E-state index contributed by atoms with van der Waals surface area (Å²) >= 11 is 0. The normalized spacial score (nSPS) is 20.8. The van der Waals surface area contributed by atoms with Gasteiger partial charge in [0.15, 0.2) is 0 Å². The molecule has 1 aliphatic heterocycles. The average molecular weight is 249 g/mol. The molecule has 5 heteroatoms. The highest BCUT2D eigenvalue weighted by atomic mass is 19.1. The second-order valence-electron chi connectivity index (χ2n) is 5.13. The van der Waals surface area contributed by atoms with Gasteiger partial charge in [-0.15, -0.1) is 0 Å². The van der Waals surface area contributed by atoms with Gasteiger partial charge in [0.05, 0.1) is 11.9 Å². The number of aromatic nitrogens is 1. The van der Waals surface area contributed by atoms with E-state index in [1.54, 1.807) is 0 Å². The Morgan fingerprint density at radius 1 is 1.33 bits per heavy atom. The number of carbonyl (C=O) groups excluding carboxylic acids is 1. The van der Waals surface area contributed by atoms with Crippen molar-refractivity contribution in [3.05, 3.63) is 24.3 Å². The summed E-state index contributed by atoms with van der Waals surface area (Å²) in [4.78, 5) is 17.6. The molecule has 1 aromatic heterocycles. The van der Waals surface area contributed by atoms with Gasteiger partial charge < -0.3 is 10.2 Å². The zero-order valence-electron chi connectivity index (χ0n) is 10.2. The molecule has 1 N–H and O–H groups in total. The summed E-state index contributed by atoms with van der Waals surface area (Å²) in [5.41, 5.74) is 0.652. The quantitative estimate of drug-likeness (QED) is 0.778. The lowest BCUT2D eigenvalue weighted by Gasteiger charge is -2.50. The number of likely N-dealkylation sites (tertiary alicyclic amines) is 1. The maximum atomic E-state index is 12.7. The van der Waals surface area contributed by atoms with Gasteiger partial charge in [0.25, 0.3) is 0 Å². The first-order valence-electron chi connectivity index (χ1n) is 6.40. The van der Waals surface area contributed by atoms with Gasteiger partial charge in [-0.05, 0) is 31.4 Å². The Morgan fingerprint density at radius 2 is 2.11 bits per heavy atom. The summed E-state index contributed by atoms with van der Waals surface area (Å²) in [7, 11) is 0. The molecular weight excluding hydrogens is 233 g/mol. The largest absolute Gasteiger partial charge is 0.322 e. The molecule has 1 spiro atoms. The Balaban J connectivity index is 1.66. The molecule has 0 unspecified atom stereocenters. The van der Waals surface area contributed by atoms with Gasteiger partial charge in [0.2, 0.25) is 5.95 Å². The third kappa shape index (κ3) is 1.83. The first-order valence-corrected chi connectivity index (χ1v) is 6.40. The lowest BCUT2D eigenvalue weighted by Crippen LogP contribution is -2.61. The highest BCUT2D eigenvalue weighted by Gasteiger charge is 2.48. The van der Waals surface area contributed by atoms with E-state index in [2.05, 4.69) is 10.3 Å². The monoisotopic (exact) mass is 249 g/mol. The van der Waals surface area contributed by atoms with E-state index in [9.17, 15) is 9.18 Å². The summed E-state index contributed by atoms with van der Waals surface area (Å²) in [5, 5.41) is 2.78. The second kappa shape index (κ2) is 4.23. The molecule has 0 radical (unpaired) electrons. The van der Waals surface area contributed by atoms with Gasteiger partial charge in [-0.2, -0.15) is 4.39 Å². The predicted molar refractivity (Wildman–Crippen MR) is 65.7 cm³/mol. The molecule has 0 bridgehead atoms. The minimum Gasteiger partial charge on any atom is -0.319 e. The number of hydrogen-bond donors (Lipinski definition) is 1. The van der Waals surface area contributed by atoms with Crippen LogP contribution in [0.5, 0.6) is 0 Å². The lowest BCUT2D eigenvalue weighted by molar-refractivity contribution is 0.0358. The van der Waals surface area contributed by atoms with Gasteiger partial charge >= 0.3 is 6.03 Å². The molecule has 2 amide bonds. The lowest BCUT2D eigenvalue weighted by atomic mass is 9.83. The standard InChI is InChI=1S/C13H16FN3O/c14-11-4-3-10(9-15-11)16-12(18)17-8-7-13(17)5-1-2-6-13/h3-4,9H,1-2,5-8H2,(H,16,18). The van der Waals surface area contributed by atoms with Gasteiger partial charge in [0, 0.05) is 12.1 Å². The van der Waals surface area contributed by atoms with Gasteiger partial charge in [-0.1, -0.05) is 12.8 Å². The van der Waals surface area contributed by atoms with E-state index in [0.717, 1.165) is 25.8 Å². The van der Waals surface area contributed by atoms with Crippen LogP contribution in [0.1, 0.15) is 32.1 Å². The molecule has 4 nitrogen and oxygen atoms in total. The zero-order chi connectivity index (χ0) is 12.6. The van der Waals surface area contributed by atoms with E-state index in [0.29, 0.717) is 5.69 Å². The number of carbonyl (C=O) groups is 1. The highest BCUT2D eigenvalue weighted by Crippen LogP contribution is 2.44. The average Bonchev–Trinajstić information content (AvgIpc) is 2.82. The summed E-state index contributed by atoms with van der Waals surface area (Å²) < 4.78 is 12.7. The minimum absolute atomic E-state index is 0.0865. The maximum absolute atomic E-state index is 12.7. The van der Waals surface area contributed by atoms with Crippen LogP contribution >= 0.6 is 0 Å². The number of hydrogen-bond acceptors (Lipinski definition) is 2. The van der Waals surface area contributed by atoms with Crippen LogP contribution in [0, 0.1) is 5.95 Å². The molecule has 2 fully saturated rings. The van der Waals surface area contributed by atoms with Crippen LogP contribution in [0.2, 0.25) is 0 Å². The van der Waals surface area contributed by atoms with Crippen LogP contribution in [0.4, 0.5) is 14.9 Å². The zero-order valence-corrected chi connectivity index (χ0v) is 10.2. The van der Waals surface area contributed by atoms with E-state index >= 15 is 0 Å². The van der Waals surface area contributed by atoms with Crippen molar-refractivity contribution in [1.82, 2.24) is 9.88 Å². The molecule has 1 aliphatic carbocycles. The van der Waals surface area contributed by atoms with Gasteiger partial charge in [-0.3, -0.25) is 0 Å². The van der Waals surface area contributed by atoms with E-state index < -0.39 is 5.95 Å². The fourth-order valence-electron chi connectivity index (χ4n) is 3.05. The fourth-order valence-corrected chi connectivity index (χ4v) is 3.05. The number of pyridine rings is 1. The number of halogens is 1. The third-order valence-electron chi connectivity index (χ3n) is 4.13. The fraction of sp³-hybridized carbons (Fsp3) is 0.538. The Kier molecular flexibility index (Phi) is 2.69. The summed E-state index contributed by atoms with van der Waals surface area (Å²) in [6.45, 7) is 0.820. The van der Waals surface area contributed by atoms with Gasteiger partial charge in [-0.25, -0.2) is 9.78 Å². The van der Waals surface area contributed by atoms with Crippen molar-refractivity contribution in [2.75, 3.05) is 11.9 Å². The Hall–Kier alpha value is -1.65. The molecule has 0 aromatic carbocycles. The minimum atomic E-state index is -0.538. The number of nitrogens with zero attached hydrogens (tertiary/aromatic N) is 2. The number of urea groups is 1. The molecule has 2 heterocycles. The van der Waals surface area contributed by atoms with Crippen molar-refractivity contribution in [2.45, 2.75) is 37.6 Å². The third-order valence-corrected chi connectivity index (χ3v) is 4.13. The second-order valence-corrected chi connectivity index (χ2v) is 5.13. The van der Waals surface area contributed by atoms with Crippen molar-refractivity contribution in [2.24, 2.45) is 0 Å². The van der Waals surface area contributed by atoms with Crippen LogP contribution in [0.3, 0.4) is 0 Å². The Bertz CT molecular complexity index is 454. The smallest absolute Gasteiger partial charge is 0.319 e. The summed E-state index contributed by atoms with van der Waals surface area (Å²) in [5.74, 6) is -0.538. The van der Waals surface area contributed by atoms with E-state index in [-0.39, 0.29) is 11.6 Å². The van der Waals surface area contributed by atoms with Crippen LogP contribution in [-0.2, 0) is 0 Å². The number of nitrogens with one attached hydrogen (secondary N) is 1. The predicted octanol–water partition coefficient (Wildman–Crippen LogP) is 2.77. The molecular formula is C13H16FN3O. The van der Waals surface area contributed by atoms with Crippen LogP contribution in [0.25, 0.3) is 0 Å². The topological polar surface area (TPSA) is 45.2 Å². The summed E-state index contributed by atoms with van der Waals surface area (Å²) in [6.07, 6.45) is 7.10. The highest BCUT2D eigenvalue weighted by molar-refractivity contribution is 5.90. The number of rotatable bonds is 1. The van der Waals surface area contributed by atoms with Crippen molar-refractivity contribution in [3.63, 3.8) is 0 Å². The van der Waals surface area contributed by atoms with Crippen LogP contribution < -0.4 is 5.32 Å². The SMILES string of the molecule is O=C(Nc1ccc(F)nc1)N1CCC12CCCC2. The molecule has 96 valence electrons. The van der Waals surface area contributed by atoms with Gasteiger partial charge in [0.1, 0.15) is 0 Å². The Labute approximate surface area is 105 Å². The molecule has 1 saturated carbocycles. The number of amides is 2. The summed E-state index contributed by atoms with van der Waals surface area (Å²) in [6, 6.07) is 2.69. The van der Waals surface area contributed by atoms with Crippen molar-refractivity contribution < 1.29 is 9.18 Å². The molecule has 1 aromatic rings. The maximum Gasteiger partial charge on any atom is 0.322 e. The molecule has 1 saturated heterocycles. The molecule has 2 aliphatic rings. The van der Waals surface area contributed by atoms with E-state index in [4.69, 9.17) is 0 Å². The van der Waals surface area contributed by atoms with Crippen molar-refractivity contribution in [1.29, 1.82) is 0 Å². The van der Waals surface area contributed by atoms with Crippen molar-refractivity contribution in [3.8, 4) is 0 Å². The first-order chi connectivity index (χ1) is 8.70.